The lowest BCUT2D eigenvalue weighted by molar-refractivity contribution is 0.316. The van der Waals surface area contributed by atoms with Crippen molar-refractivity contribution in [2.24, 2.45) is 5.73 Å². The number of rotatable bonds is 4. The average Bonchev–Trinajstić information content (AvgIpc) is 2.11. The summed E-state index contributed by atoms with van der Waals surface area (Å²) >= 11 is 0. The van der Waals surface area contributed by atoms with Gasteiger partial charge in [-0.25, -0.2) is 4.39 Å². The highest BCUT2D eigenvalue weighted by atomic mass is 19.1. The molecule has 1 nitrogen and oxygen atoms in total. The predicted molar refractivity (Wildman–Crippen MR) is 62.9 cm³/mol. The third-order valence-electron chi connectivity index (χ3n) is 2.75. The van der Waals surface area contributed by atoms with Crippen LogP contribution in [0, 0.1) is 20.8 Å². The van der Waals surface area contributed by atoms with Crippen molar-refractivity contribution in [3.05, 3.63) is 34.4 Å². The summed E-state index contributed by atoms with van der Waals surface area (Å²) in [6, 6.07) is 4.22. The fraction of sp³-hybridized carbons (Fsp3) is 0.538. The highest BCUT2D eigenvalue weighted by Crippen LogP contribution is 2.19. The van der Waals surface area contributed by atoms with E-state index in [0.29, 0.717) is 19.4 Å². The number of hydrogen-bond donors (Lipinski definition) is 1. The molecule has 15 heavy (non-hydrogen) atoms. The molecule has 0 bridgehead atoms. The first-order valence-corrected chi connectivity index (χ1v) is 5.45. The van der Waals surface area contributed by atoms with Gasteiger partial charge in [-0.3, -0.25) is 0 Å². The number of aryl methyl sites for hydroxylation is 3. The molecule has 1 unspecified atom stereocenters. The van der Waals surface area contributed by atoms with E-state index in [9.17, 15) is 4.39 Å². The molecule has 0 fully saturated rings. The van der Waals surface area contributed by atoms with Gasteiger partial charge < -0.3 is 5.73 Å². The fourth-order valence-corrected chi connectivity index (χ4v) is 2.04. The Kier molecular flexibility index (Phi) is 4.28. The van der Waals surface area contributed by atoms with Gasteiger partial charge in [0, 0.05) is 6.42 Å². The second kappa shape index (κ2) is 5.26. The van der Waals surface area contributed by atoms with Gasteiger partial charge in [-0.1, -0.05) is 17.7 Å². The summed E-state index contributed by atoms with van der Waals surface area (Å²) in [4.78, 5) is 0. The van der Waals surface area contributed by atoms with Crippen LogP contribution in [0.3, 0.4) is 0 Å². The maximum absolute atomic E-state index is 13.5. The molecule has 1 rings (SSSR count). The second-order valence-corrected chi connectivity index (χ2v) is 4.26. The predicted octanol–water partition coefficient (Wildman–Crippen LogP) is 2.84. The zero-order valence-electron chi connectivity index (χ0n) is 9.81. The number of benzene rings is 1. The molecule has 0 saturated carbocycles. The van der Waals surface area contributed by atoms with E-state index >= 15 is 0 Å². The van der Waals surface area contributed by atoms with Crippen LogP contribution in [0.15, 0.2) is 12.1 Å². The van der Waals surface area contributed by atoms with Gasteiger partial charge in [0.1, 0.15) is 6.17 Å². The van der Waals surface area contributed by atoms with Crippen LogP contribution in [-0.4, -0.2) is 12.7 Å². The van der Waals surface area contributed by atoms with Gasteiger partial charge in [0.2, 0.25) is 0 Å². The van der Waals surface area contributed by atoms with Crippen LogP contribution in [-0.2, 0) is 6.42 Å². The van der Waals surface area contributed by atoms with Crippen molar-refractivity contribution in [2.75, 3.05) is 6.54 Å². The third kappa shape index (κ3) is 3.31. The lowest BCUT2D eigenvalue weighted by Crippen LogP contribution is -2.13. The first kappa shape index (κ1) is 12.2. The summed E-state index contributed by atoms with van der Waals surface area (Å²) in [7, 11) is 0. The molecular formula is C13H20FN. The topological polar surface area (TPSA) is 26.0 Å². The van der Waals surface area contributed by atoms with Gasteiger partial charge in [-0.15, -0.1) is 0 Å². The minimum atomic E-state index is -0.810. The van der Waals surface area contributed by atoms with E-state index in [1.807, 2.05) is 13.8 Å². The molecule has 1 aromatic rings. The summed E-state index contributed by atoms with van der Waals surface area (Å²) in [6.45, 7) is 6.58. The van der Waals surface area contributed by atoms with Crippen molar-refractivity contribution >= 4 is 0 Å². The quantitative estimate of drug-likeness (QED) is 0.810. The van der Waals surface area contributed by atoms with Crippen molar-refractivity contribution < 1.29 is 4.39 Å². The van der Waals surface area contributed by atoms with Gasteiger partial charge in [-0.2, -0.15) is 0 Å². The van der Waals surface area contributed by atoms with Crippen molar-refractivity contribution in [1.29, 1.82) is 0 Å². The second-order valence-electron chi connectivity index (χ2n) is 4.26. The minimum Gasteiger partial charge on any atom is -0.330 e. The molecule has 2 N–H and O–H groups in total. The molecule has 84 valence electrons. The van der Waals surface area contributed by atoms with Crippen LogP contribution >= 0.6 is 0 Å². The van der Waals surface area contributed by atoms with E-state index in [4.69, 9.17) is 5.73 Å². The molecule has 0 saturated heterocycles. The average molecular weight is 209 g/mol. The molecule has 0 aliphatic heterocycles. The van der Waals surface area contributed by atoms with E-state index in [2.05, 4.69) is 19.1 Å². The maximum Gasteiger partial charge on any atom is 0.105 e. The van der Waals surface area contributed by atoms with Crippen LogP contribution in [0.2, 0.25) is 0 Å². The summed E-state index contributed by atoms with van der Waals surface area (Å²) in [5, 5.41) is 0. The molecule has 0 aliphatic carbocycles. The summed E-state index contributed by atoms with van der Waals surface area (Å²) in [5.41, 5.74) is 10.1. The molecule has 0 radical (unpaired) electrons. The Labute approximate surface area is 91.5 Å². The highest BCUT2D eigenvalue weighted by Gasteiger charge is 2.11. The SMILES string of the molecule is Cc1cc(C)c(CC(F)CCN)c(C)c1. The Morgan fingerprint density at radius 1 is 1.20 bits per heavy atom. The van der Waals surface area contributed by atoms with Crippen LogP contribution in [0.4, 0.5) is 4.39 Å². The zero-order chi connectivity index (χ0) is 11.4. The molecule has 0 amide bonds. The lowest BCUT2D eigenvalue weighted by atomic mass is 9.95. The molecular weight excluding hydrogens is 189 g/mol. The first-order chi connectivity index (χ1) is 7.04. The van der Waals surface area contributed by atoms with E-state index in [-0.39, 0.29) is 0 Å². The van der Waals surface area contributed by atoms with Gasteiger partial charge in [0.25, 0.3) is 0 Å². The number of halogens is 1. The Bertz CT molecular complexity index is 310. The van der Waals surface area contributed by atoms with Crippen molar-refractivity contribution in [3.8, 4) is 0 Å². The smallest absolute Gasteiger partial charge is 0.105 e. The number of alkyl halides is 1. The van der Waals surface area contributed by atoms with Gasteiger partial charge in [0.15, 0.2) is 0 Å². The number of nitrogens with two attached hydrogens (primary N) is 1. The summed E-state index contributed by atoms with van der Waals surface area (Å²) < 4.78 is 13.5. The molecule has 1 atom stereocenters. The molecule has 0 heterocycles. The van der Waals surface area contributed by atoms with Gasteiger partial charge in [-0.05, 0) is 50.4 Å². The lowest BCUT2D eigenvalue weighted by Gasteiger charge is -2.13. The molecule has 0 aliphatic rings. The van der Waals surface area contributed by atoms with Gasteiger partial charge >= 0.3 is 0 Å². The Morgan fingerprint density at radius 2 is 1.73 bits per heavy atom. The fourth-order valence-electron chi connectivity index (χ4n) is 2.04. The molecule has 0 aromatic heterocycles. The van der Waals surface area contributed by atoms with Crippen LogP contribution in [0.25, 0.3) is 0 Å². The Morgan fingerprint density at radius 3 is 2.20 bits per heavy atom. The van der Waals surface area contributed by atoms with E-state index < -0.39 is 6.17 Å². The molecule has 0 spiro atoms. The standard InChI is InChI=1S/C13H20FN/c1-9-6-10(2)13(11(3)7-9)8-12(14)4-5-15/h6-7,12H,4-5,8,15H2,1-3H3. The highest BCUT2D eigenvalue weighted by molar-refractivity contribution is 5.37. The Hall–Kier alpha value is -0.890. The van der Waals surface area contributed by atoms with Crippen LogP contribution < -0.4 is 5.73 Å². The molecule has 2 heteroatoms. The maximum atomic E-state index is 13.5. The van der Waals surface area contributed by atoms with Crippen LogP contribution in [0.1, 0.15) is 28.7 Å². The third-order valence-corrected chi connectivity index (χ3v) is 2.75. The first-order valence-electron chi connectivity index (χ1n) is 5.45. The molecule has 1 aromatic carbocycles. The van der Waals surface area contributed by atoms with Crippen molar-refractivity contribution in [3.63, 3.8) is 0 Å². The largest absolute Gasteiger partial charge is 0.330 e. The summed E-state index contributed by atoms with van der Waals surface area (Å²) in [5.74, 6) is 0. The summed E-state index contributed by atoms with van der Waals surface area (Å²) in [6.07, 6.45) is 0.136. The van der Waals surface area contributed by atoms with E-state index in [1.54, 1.807) is 0 Å². The van der Waals surface area contributed by atoms with E-state index in [0.717, 1.165) is 5.56 Å². The minimum absolute atomic E-state index is 0.422. The Balaban J connectivity index is 2.85. The normalized spacial score (nSPS) is 12.9. The van der Waals surface area contributed by atoms with Crippen molar-refractivity contribution in [1.82, 2.24) is 0 Å². The monoisotopic (exact) mass is 209 g/mol. The van der Waals surface area contributed by atoms with E-state index in [1.165, 1.54) is 16.7 Å². The zero-order valence-corrected chi connectivity index (χ0v) is 9.81. The van der Waals surface area contributed by atoms with Gasteiger partial charge in [0.05, 0.1) is 0 Å². The number of hydrogen-bond acceptors (Lipinski definition) is 1. The van der Waals surface area contributed by atoms with Crippen LogP contribution in [0.5, 0.6) is 0 Å². The van der Waals surface area contributed by atoms with Crippen molar-refractivity contribution in [2.45, 2.75) is 39.8 Å².